The quantitative estimate of drug-likeness (QED) is 0.636. The Balaban J connectivity index is 3.50. The molecule has 2 unspecified atom stereocenters. The summed E-state index contributed by atoms with van der Waals surface area (Å²) in [6.45, 7) is 7.10. The van der Waals surface area contributed by atoms with Crippen molar-refractivity contribution in [2.45, 2.75) is 58.1 Å². The zero-order valence-electron chi connectivity index (χ0n) is 9.96. The molecule has 0 amide bonds. The minimum atomic E-state index is 0.333. The Hall–Kier alpha value is 0.310. The minimum absolute atomic E-state index is 0.333. The zero-order valence-corrected chi connectivity index (χ0v) is 10.8. The van der Waals surface area contributed by atoms with Gasteiger partial charge in [-0.15, -0.1) is 0 Å². The summed E-state index contributed by atoms with van der Waals surface area (Å²) < 4.78 is 0. The average molecular weight is 218 g/mol. The van der Waals surface area contributed by atoms with Crippen molar-refractivity contribution < 1.29 is 5.11 Å². The van der Waals surface area contributed by atoms with E-state index in [1.807, 2.05) is 11.8 Å². The Morgan fingerprint density at radius 2 is 1.93 bits per heavy atom. The predicted molar refractivity (Wildman–Crippen MR) is 66.9 cm³/mol. The largest absolute Gasteiger partial charge is 0.396 e. The lowest BCUT2D eigenvalue weighted by atomic mass is 10.0. The van der Waals surface area contributed by atoms with Crippen LogP contribution in [0.5, 0.6) is 0 Å². The third kappa shape index (κ3) is 7.69. The van der Waals surface area contributed by atoms with Crippen LogP contribution in [0, 0.1) is 5.92 Å². The molecule has 0 aromatic carbocycles. The van der Waals surface area contributed by atoms with Gasteiger partial charge in [0, 0.05) is 11.9 Å². The molecule has 0 aliphatic heterocycles. The summed E-state index contributed by atoms with van der Waals surface area (Å²) in [5.74, 6) is 2.17. The van der Waals surface area contributed by atoms with Crippen molar-refractivity contribution in [3.63, 3.8) is 0 Å². The molecule has 0 rings (SSSR count). The van der Waals surface area contributed by atoms with Gasteiger partial charge >= 0.3 is 0 Å². The van der Waals surface area contributed by atoms with E-state index in [0.717, 1.165) is 12.3 Å². The van der Waals surface area contributed by atoms with Crippen molar-refractivity contribution in [2.75, 3.05) is 12.4 Å². The molecule has 1 N–H and O–H groups in total. The number of aliphatic hydroxyl groups excluding tert-OH is 1. The fraction of sp³-hybridized carbons (Fsp3) is 1.00. The molecule has 0 aromatic rings. The first kappa shape index (κ1) is 14.3. The lowest BCUT2D eigenvalue weighted by molar-refractivity contribution is 0.289. The molecule has 0 aliphatic carbocycles. The Kier molecular flexibility index (Phi) is 10.1. The van der Waals surface area contributed by atoms with Gasteiger partial charge in [-0.2, -0.15) is 11.8 Å². The van der Waals surface area contributed by atoms with Gasteiger partial charge in [0.25, 0.3) is 0 Å². The Morgan fingerprint density at radius 3 is 2.43 bits per heavy atom. The van der Waals surface area contributed by atoms with Crippen LogP contribution in [0.3, 0.4) is 0 Å². The van der Waals surface area contributed by atoms with Crippen LogP contribution in [0.2, 0.25) is 0 Å². The number of thioether (sulfide) groups is 1. The maximum absolute atomic E-state index is 8.79. The summed E-state index contributed by atoms with van der Waals surface area (Å²) in [6.07, 6.45) is 6.31. The van der Waals surface area contributed by atoms with Crippen LogP contribution in [0.1, 0.15) is 52.9 Å². The highest BCUT2D eigenvalue weighted by Gasteiger charge is 2.08. The molecule has 1 nitrogen and oxygen atoms in total. The highest BCUT2D eigenvalue weighted by Crippen LogP contribution is 2.22. The summed E-state index contributed by atoms with van der Waals surface area (Å²) in [5.41, 5.74) is 0. The van der Waals surface area contributed by atoms with E-state index in [1.165, 1.54) is 31.4 Å². The standard InChI is InChI=1S/C12H26OS/c1-4-6-7-12(5-2)10-14-11(3)8-9-13/h11-13H,4-10H2,1-3H3. The number of aliphatic hydroxyl groups is 1. The molecule has 0 bridgehead atoms. The zero-order chi connectivity index (χ0) is 10.8. The Labute approximate surface area is 93.7 Å². The first-order valence-corrected chi connectivity index (χ1v) is 7.01. The number of hydrogen-bond acceptors (Lipinski definition) is 2. The second-order valence-corrected chi connectivity index (χ2v) is 5.54. The fourth-order valence-electron chi connectivity index (χ4n) is 1.46. The second-order valence-electron chi connectivity index (χ2n) is 4.07. The van der Waals surface area contributed by atoms with Crippen molar-refractivity contribution in [3.8, 4) is 0 Å². The molecule has 0 saturated carbocycles. The van der Waals surface area contributed by atoms with Crippen LogP contribution < -0.4 is 0 Å². The van der Waals surface area contributed by atoms with E-state index in [4.69, 9.17) is 5.11 Å². The van der Waals surface area contributed by atoms with E-state index in [9.17, 15) is 0 Å². The van der Waals surface area contributed by atoms with E-state index in [2.05, 4.69) is 20.8 Å². The topological polar surface area (TPSA) is 20.2 Å². The van der Waals surface area contributed by atoms with Gasteiger partial charge in [-0.3, -0.25) is 0 Å². The highest BCUT2D eigenvalue weighted by atomic mass is 32.2. The van der Waals surface area contributed by atoms with Gasteiger partial charge in [0.15, 0.2) is 0 Å². The summed E-state index contributed by atoms with van der Waals surface area (Å²) in [6, 6.07) is 0. The summed E-state index contributed by atoms with van der Waals surface area (Å²) in [4.78, 5) is 0. The first-order valence-electron chi connectivity index (χ1n) is 5.97. The summed E-state index contributed by atoms with van der Waals surface area (Å²) >= 11 is 2.02. The molecule has 2 atom stereocenters. The van der Waals surface area contributed by atoms with Gasteiger partial charge < -0.3 is 5.11 Å². The van der Waals surface area contributed by atoms with Gasteiger partial charge in [-0.25, -0.2) is 0 Å². The number of unbranched alkanes of at least 4 members (excludes halogenated alkanes) is 1. The maximum Gasteiger partial charge on any atom is 0.0441 e. The number of hydrogen-bond donors (Lipinski definition) is 1. The molecule has 0 aromatic heterocycles. The van der Waals surface area contributed by atoms with Gasteiger partial charge in [-0.05, 0) is 24.5 Å². The second kappa shape index (κ2) is 9.85. The lowest BCUT2D eigenvalue weighted by Crippen LogP contribution is -2.07. The molecule has 0 fully saturated rings. The van der Waals surface area contributed by atoms with Crippen LogP contribution in [0.4, 0.5) is 0 Å². The monoisotopic (exact) mass is 218 g/mol. The molecular weight excluding hydrogens is 192 g/mol. The SMILES string of the molecule is CCCCC(CC)CSC(C)CCO. The van der Waals surface area contributed by atoms with Crippen LogP contribution in [-0.2, 0) is 0 Å². The van der Waals surface area contributed by atoms with E-state index in [-0.39, 0.29) is 0 Å². The molecule has 0 aliphatic rings. The molecule has 0 radical (unpaired) electrons. The maximum atomic E-state index is 8.79. The predicted octanol–water partition coefficient (Wildman–Crippen LogP) is 3.71. The molecule has 14 heavy (non-hydrogen) atoms. The van der Waals surface area contributed by atoms with Gasteiger partial charge in [0.1, 0.15) is 0 Å². The van der Waals surface area contributed by atoms with Crippen molar-refractivity contribution in [1.82, 2.24) is 0 Å². The Morgan fingerprint density at radius 1 is 1.21 bits per heavy atom. The smallest absolute Gasteiger partial charge is 0.0441 e. The van der Waals surface area contributed by atoms with E-state index in [0.29, 0.717) is 11.9 Å². The van der Waals surface area contributed by atoms with Crippen molar-refractivity contribution in [3.05, 3.63) is 0 Å². The third-order valence-electron chi connectivity index (χ3n) is 2.70. The van der Waals surface area contributed by atoms with Gasteiger partial charge in [0.05, 0.1) is 0 Å². The average Bonchev–Trinajstić information content (AvgIpc) is 2.19. The van der Waals surface area contributed by atoms with Crippen LogP contribution in [0.15, 0.2) is 0 Å². The van der Waals surface area contributed by atoms with E-state index >= 15 is 0 Å². The lowest BCUT2D eigenvalue weighted by Gasteiger charge is -2.16. The molecule has 2 heteroatoms. The van der Waals surface area contributed by atoms with Crippen LogP contribution >= 0.6 is 11.8 Å². The normalized spacial score (nSPS) is 15.4. The summed E-state index contributed by atoms with van der Waals surface area (Å²) in [5, 5.41) is 9.41. The highest BCUT2D eigenvalue weighted by molar-refractivity contribution is 7.99. The first-order chi connectivity index (χ1) is 6.74. The molecule has 0 spiro atoms. The van der Waals surface area contributed by atoms with Crippen LogP contribution in [0.25, 0.3) is 0 Å². The van der Waals surface area contributed by atoms with Gasteiger partial charge in [0.2, 0.25) is 0 Å². The van der Waals surface area contributed by atoms with E-state index < -0.39 is 0 Å². The van der Waals surface area contributed by atoms with Crippen molar-refractivity contribution >= 4 is 11.8 Å². The van der Waals surface area contributed by atoms with Crippen LogP contribution in [-0.4, -0.2) is 22.7 Å². The minimum Gasteiger partial charge on any atom is -0.396 e. The Bertz CT molecular complexity index is 117. The molecule has 0 heterocycles. The van der Waals surface area contributed by atoms with Crippen molar-refractivity contribution in [2.24, 2.45) is 5.92 Å². The third-order valence-corrected chi connectivity index (χ3v) is 4.16. The molecular formula is C12H26OS. The van der Waals surface area contributed by atoms with Gasteiger partial charge in [-0.1, -0.05) is 40.0 Å². The summed E-state index contributed by atoms with van der Waals surface area (Å²) in [7, 11) is 0. The van der Waals surface area contributed by atoms with E-state index in [1.54, 1.807) is 0 Å². The van der Waals surface area contributed by atoms with Crippen molar-refractivity contribution in [1.29, 1.82) is 0 Å². The number of rotatable bonds is 9. The molecule has 86 valence electrons. The fourth-order valence-corrected chi connectivity index (χ4v) is 2.74. The molecule has 0 saturated heterocycles.